The van der Waals surface area contributed by atoms with Crippen molar-refractivity contribution in [3.8, 4) is 0 Å². The van der Waals surface area contributed by atoms with Gasteiger partial charge in [-0.3, -0.25) is 4.79 Å². The largest absolute Gasteiger partial charge is 0.397 e. The van der Waals surface area contributed by atoms with Gasteiger partial charge < -0.3 is 15.2 Å². The Labute approximate surface area is 109 Å². The fourth-order valence-corrected chi connectivity index (χ4v) is 2.65. The number of carbonyl (C=O) groups is 1. The van der Waals surface area contributed by atoms with Crippen LogP contribution in [0.4, 0.5) is 5.69 Å². The molecule has 1 fully saturated rings. The minimum Gasteiger partial charge on any atom is -0.397 e. The molecule has 2 N–H and O–H groups in total. The number of nitrogens with two attached hydrogens (primary N) is 1. The summed E-state index contributed by atoms with van der Waals surface area (Å²) in [7, 11) is 0. The SMILES string of the molecule is CCn1cc(N)cc1C(=O)N1CCC(C(C)C)C1. The lowest BCUT2D eigenvalue weighted by Gasteiger charge is -2.18. The first-order chi connectivity index (χ1) is 8.52. The predicted octanol–water partition coefficient (Wildman–Crippen LogP) is 2.21. The first kappa shape index (κ1) is 13.0. The normalized spacial score (nSPS) is 19.8. The zero-order valence-electron chi connectivity index (χ0n) is 11.5. The van der Waals surface area contributed by atoms with Crippen molar-refractivity contribution in [2.24, 2.45) is 11.8 Å². The van der Waals surface area contributed by atoms with E-state index in [2.05, 4.69) is 13.8 Å². The average molecular weight is 249 g/mol. The third-order valence-electron chi connectivity index (χ3n) is 3.93. The van der Waals surface area contributed by atoms with E-state index in [9.17, 15) is 4.79 Å². The van der Waals surface area contributed by atoms with Crippen LogP contribution in [0.1, 0.15) is 37.7 Å². The molecular formula is C14H23N3O. The second-order valence-corrected chi connectivity index (χ2v) is 5.49. The van der Waals surface area contributed by atoms with Gasteiger partial charge in [0.1, 0.15) is 5.69 Å². The van der Waals surface area contributed by atoms with E-state index in [-0.39, 0.29) is 5.91 Å². The van der Waals surface area contributed by atoms with Crippen molar-refractivity contribution in [3.63, 3.8) is 0 Å². The Balaban J connectivity index is 2.12. The molecule has 4 heteroatoms. The summed E-state index contributed by atoms with van der Waals surface area (Å²) in [5, 5.41) is 0. The van der Waals surface area contributed by atoms with Gasteiger partial charge in [0, 0.05) is 25.8 Å². The van der Waals surface area contributed by atoms with E-state index in [1.165, 1.54) is 0 Å². The van der Waals surface area contributed by atoms with Crippen molar-refractivity contribution in [2.45, 2.75) is 33.7 Å². The van der Waals surface area contributed by atoms with E-state index < -0.39 is 0 Å². The van der Waals surface area contributed by atoms with Crippen LogP contribution in [0.25, 0.3) is 0 Å². The van der Waals surface area contributed by atoms with Gasteiger partial charge in [0.25, 0.3) is 5.91 Å². The third-order valence-corrected chi connectivity index (χ3v) is 3.93. The van der Waals surface area contributed by atoms with Crippen LogP contribution in [0.5, 0.6) is 0 Å². The van der Waals surface area contributed by atoms with Crippen LogP contribution in [-0.4, -0.2) is 28.5 Å². The number of aromatic nitrogens is 1. The molecular weight excluding hydrogens is 226 g/mol. The zero-order chi connectivity index (χ0) is 13.3. The molecule has 1 unspecified atom stereocenters. The molecule has 0 spiro atoms. The van der Waals surface area contributed by atoms with Crippen molar-refractivity contribution >= 4 is 11.6 Å². The molecule has 0 bridgehead atoms. The van der Waals surface area contributed by atoms with E-state index >= 15 is 0 Å². The second kappa shape index (κ2) is 5.04. The molecule has 0 radical (unpaired) electrons. The molecule has 1 aliphatic rings. The Morgan fingerprint density at radius 2 is 2.28 bits per heavy atom. The lowest BCUT2D eigenvalue weighted by Crippen LogP contribution is -2.30. The van der Waals surface area contributed by atoms with Gasteiger partial charge in [0.05, 0.1) is 5.69 Å². The molecule has 1 atom stereocenters. The third kappa shape index (κ3) is 2.37. The van der Waals surface area contributed by atoms with Gasteiger partial charge in [0.2, 0.25) is 0 Å². The number of anilines is 1. The summed E-state index contributed by atoms with van der Waals surface area (Å²) in [6, 6.07) is 1.79. The number of nitrogens with zero attached hydrogens (tertiary/aromatic N) is 2. The summed E-state index contributed by atoms with van der Waals surface area (Å²) in [6.45, 7) is 9.01. The van der Waals surface area contributed by atoms with Crippen molar-refractivity contribution in [1.29, 1.82) is 0 Å². The summed E-state index contributed by atoms with van der Waals surface area (Å²) in [4.78, 5) is 14.4. The minimum atomic E-state index is 0.122. The number of nitrogen functional groups attached to an aromatic ring is 1. The molecule has 1 amide bonds. The minimum absolute atomic E-state index is 0.122. The molecule has 0 saturated carbocycles. The first-order valence-corrected chi connectivity index (χ1v) is 6.77. The number of amides is 1. The van der Waals surface area contributed by atoms with Crippen LogP contribution in [0.15, 0.2) is 12.3 Å². The Morgan fingerprint density at radius 1 is 1.56 bits per heavy atom. The fraction of sp³-hybridized carbons (Fsp3) is 0.643. The number of hydrogen-bond donors (Lipinski definition) is 1. The number of aryl methyl sites for hydroxylation is 1. The number of likely N-dealkylation sites (tertiary alicyclic amines) is 1. The smallest absolute Gasteiger partial charge is 0.270 e. The zero-order valence-corrected chi connectivity index (χ0v) is 11.5. The first-order valence-electron chi connectivity index (χ1n) is 6.77. The van der Waals surface area contributed by atoms with Gasteiger partial charge in [-0.05, 0) is 31.2 Å². The van der Waals surface area contributed by atoms with Crippen LogP contribution in [0.2, 0.25) is 0 Å². The summed E-state index contributed by atoms with van der Waals surface area (Å²) < 4.78 is 1.93. The van der Waals surface area contributed by atoms with Crippen molar-refractivity contribution in [2.75, 3.05) is 18.8 Å². The van der Waals surface area contributed by atoms with Crippen molar-refractivity contribution < 1.29 is 4.79 Å². The quantitative estimate of drug-likeness (QED) is 0.893. The molecule has 1 aliphatic heterocycles. The topological polar surface area (TPSA) is 51.3 Å². The molecule has 0 aromatic carbocycles. The lowest BCUT2D eigenvalue weighted by molar-refractivity contribution is 0.0773. The Hall–Kier alpha value is -1.45. The Bertz CT molecular complexity index is 436. The summed E-state index contributed by atoms with van der Waals surface area (Å²) in [6.07, 6.45) is 2.95. The molecule has 2 rings (SSSR count). The van der Waals surface area contributed by atoms with E-state index in [0.29, 0.717) is 17.5 Å². The highest BCUT2D eigenvalue weighted by Crippen LogP contribution is 2.25. The second-order valence-electron chi connectivity index (χ2n) is 5.49. The molecule has 1 saturated heterocycles. The van der Waals surface area contributed by atoms with Gasteiger partial charge in [-0.1, -0.05) is 13.8 Å². The van der Waals surface area contributed by atoms with E-state index in [1.54, 1.807) is 6.07 Å². The predicted molar refractivity (Wildman–Crippen MR) is 73.4 cm³/mol. The van der Waals surface area contributed by atoms with Crippen molar-refractivity contribution in [3.05, 3.63) is 18.0 Å². The standard InChI is InChI=1S/C14H23N3O/c1-4-16-9-12(15)7-13(16)14(18)17-6-5-11(8-17)10(2)3/h7,9-11H,4-6,8,15H2,1-3H3. The highest BCUT2D eigenvalue weighted by Gasteiger charge is 2.29. The molecule has 1 aromatic rings. The number of carbonyl (C=O) groups excluding carboxylic acids is 1. The van der Waals surface area contributed by atoms with Gasteiger partial charge in [-0.25, -0.2) is 0 Å². The van der Waals surface area contributed by atoms with Crippen LogP contribution < -0.4 is 5.73 Å². The molecule has 0 aliphatic carbocycles. The molecule has 100 valence electrons. The highest BCUT2D eigenvalue weighted by atomic mass is 16.2. The maximum Gasteiger partial charge on any atom is 0.270 e. The van der Waals surface area contributed by atoms with Crippen LogP contribution in [-0.2, 0) is 6.54 Å². The Morgan fingerprint density at radius 3 is 2.83 bits per heavy atom. The summed E-state index contributed by atoms with van der Waals surface area (Å²) in [5.74, 6) is 1.40. The van der Waals surface area contributed by atoms with Gasteiger partial charge in [-0.2, -0.15) is 0 Å². The van der Waals surface area contributed by atoms with Crippen LogP contribution in [0.3, 0.4) is 0 Å². The molecule has 18 heavy (non-hydrogen) atoms. The molecule has 1 aromatic heterocycles. The lowest BCUT2D eigenvalue weighted by atomic mass is 9.95. The van der Waals surface area contributed by atoms with Gasteiger partial charge in [0.15, 0.2) is 0 Å². The molecule has 4 nitrogen and oxygen atoms in total. The monoisotopic (exact) mass is 249 g/mol. The summed E-state index contributed by atoms with van der Waals surface area (Å²) in [5.41, 5.74) is 7.16. The Kier molecular flexibility index (Phi) is 3.64. The van der Waals surface area contributed by atoms with E-state index in [0.717, 1.165) is 31.7 Å². The summed E-state index contributed by atoms with van der Waals surface area (Å²) >= 11 is 0. The van der Waals surface area contributed by atoms with Crippen LogP contribution in [0, 0.1) is 11.8 Å². The van der Waals surface area contributed by atoms with Gasteiger partial charge in [-0.15, -0.1) is 0 Å². The van der Waals surface area contributed by atoms with E-state index in [4.69, 9.17) is 5.73 Å². The number of hydrogen-bond acceptors (Lipinski definition) is 2. The van der Waals surface area contributed by atoms with Crippen LogP contribution >= 0.6 is 0 Å². The van der Waals surface area contributed by atoms with E-state index in [1.807, 2.05) is 22.6 Å². The average Bonchev–Trinajstić information content (AvgIpc) is 2.94. The molecule has 2 heterocycles. The highest BCUT2D eigenvalue weighted by molar-refractivity contribution is 5.94. The van der Waals surface area contributed by atoms with Crippen molar-refractivity contribution in [1.82, 2.24) is 9.47 Å². The number of rotatable bonds is 3. The van der Waals surface area contributed by atoms with Gasteiger partial charge >= 0.3 is 0 Å². The maximum absolute atomic E-state index is 12.5. The maximum atomic E-state index is 12.5. The fourth-order valence-electron chi connectivity index (χ4n) is 2.65.